The Kier molecular flexibility index (Phi) is 2.51. The SMILES string of the molecule is Cc1ccc(C(N)CN)nn1. The Labute approximate surface area is 65.6 Å². The second-order valence-electron chi connectivity index (χ2n) is 2.44. The van der Waals surface area contributed by atoms with Gasteiger partial charge in [-0.1, -0.05) is 0 Å². The van der Waals surface area contributed by atoms with Crippen LogP contribution < -0.4 is 11.5 Å². The quantitative estimate of drug-likeness (QED) is 0.612. The molecule has 0 aliphatic heterocycles. The van der Waals surface area contributed by atoms with E-state index in [0.29, 0.717) is 6.54 Å². The molecular weight excluding hydrogens is 140 g/mol. The lowest BCUT2D eigenvalue weighted by atomic mass is 10.2. The highest BCUT2D eigenvalue weighted by molar-refractivity contribution is 5.09. The van der Waals surface area contributed by atoms with Crippen molar-refractivity contribution in [3.8, 4) is 0 Å². The number of hydrogen-bond donors (Lipinski definition) is 2. The van der Waals surface area contributed by atoms with E-state index < -0.39 is 0 Å². The van der Waals surface area contributed by atoms with Gasteiger partial charge in [0.25, 0.3) is 0 Å². The largest absolute Gasteiger partial charge is 0.329 e. The van der Waals surface area contributed by atoms with E-state index in [1.54, 1.807) is 0 Å². The smallest absolute Gasteiger partial charge is 0.0811 e. The summed E-state index contributed by atoms with van der Waals surface area (Å²) in [5.41, 5.74) is 12.6. The van der Waals surface area contributed by atoms with Crippen molar-refractivity contribution in [3.05, 3.63) is 23.5 Å². The summed E-state index contributed by atoms with van der Waals surface area (Å²) in [7, 11) is 0. The van der Waals surface area contributed by atoms with Gasteiger partial charge in [0.1, 0.15) is 0 Å². The second kappa shape index (κ2) is 3.41. The Morgan fingerprint density at radius 2 is 2.18 bits per heavy atom. The molecule has 1 aromatic heterocycles. The van der Waals surface area contributed by atoms with E-state index in [0.717, 1.165) is 11.4 Å². The first-order valence-corrected chi connectivity index (χ1v) is 3.50. The molecule has 4 nitrogen and oxygen atoms in total. The lowest BCUT2D eigenvalue weighted by molar-refractivity contribution is 0.690. The minimum atomic E-state index is -0.192. The average molecular weight is 152 g/mol. The lowest BCUT2D eigenvalue weighted by Crippen LogP contribution is -2.22. The van der Waals surface area contributed by atoms with Crippen LogP contribution in [-0.2, 0) is 0 Å². The van der Waals surface area contributed by atoms with Gasteiger partial charge in [0, 0.05) is 6.54 Å². The summed E-state index contributed by atoms with van der Waals surface area (Å²) in [6.07, 6.45) is 0. The molecule has 0 bridgehead atoms. The number of rotatable bonds is 2. The standard InChI is InChI=1S/C7H12N4/c1-5-2-3-7(11-10-5)6(9)4-8/h2-3,6H,4,8-9H2,1H3. The first-order chi connectivity index (χ1) is 5.24. The normalized spacial score (nSPS) is 13.0. The van der Waals surface area contributed by atoms with Gasteiger partial charge in [-0.15, -0.1) is 0 Å². The van der Waals surface area contributed by atoms with Crippen molar-refractivity contribution < 1.29 is 0 Å². The van der Waals surface area contributed by atoms with Crippen LogP contribution in [0.1, 0.15) is 17.4 Å². The summed E-state index contributed by atoms with van der Waals surface area (Å²) in [4.78, 5) is 0. The van der Waals surface area contributed by atoms with Crippen molar-refractivity contribution in [1.29, 1.82) is 0 Å². The Morgan fingerprint density at radius 3 is 2.64 bits per heavy atom. The Balaban J connectivity index is 2.81. The Bertz CT molecular complexity index is 218. The van der Waals surface area contributed by atoms with Crippen LogP contribution >= 0.6 is 0 Å². The summed E-state index contributed by atoms with van der Waals surface area (Å²) in [6, 6.07) is 3.53. The van der Waals surface area contributed by atoms with Crippen LogP contribution in [0, 0.1) is 6.92 Å². The maximum atomic E-state index is 5.62. The van der Waals surface area contributed by atoms with E-state index in [1.807, 2.05) is 19.1 Å². The zero-order valence-electron chi connectivity index (χ0n) is 6.49. The van der Waals surface area contributed by atoms with E-state index in [-0.39, 0.29) is 6.04 Å². The molecule has 0 aromatic carbocycles. The third kappa shape index (κ3) is 1.96. The van der Waals surface area contributed by atoms with Crippen LogP contribution in [0.15, 0.2) is 12.1 Å². The molecule has 0 saturated heterocycles. The lowest BCUT2D eigenvalue weighted by Gasteiger charge is -2.05. The van der Waals surface area contributed by atoms with Crippen molar-refractivity contribution in [2.24, 2.45) is 11.5 Å². The van der Waals surface area contributed by atoms with Crippen molar-refractivity contribution >= 4 is 0 Å². The van der Waals surface area contributed by atoms with Crippen LogP contribution in [-0.4, -0.2) is 16.7 Å². The van der Waals surface area contributed by atoms with Crippen LogP contribution in [0.5, 0.6) is 0 Å². The topological polar surface area (TPSA) is 77.8 Å². The van der Waals surface area contributed by atoms with Gasteiger partial charge < -0.3 is 11.5 Å². The third-order valence-electron chi connectivity index (χ3n) is 1.45. The van der Waals surface area contributed by atoms with Gasteiger partial charge in [0.05, 0.1) is 17.4 Å². The summed E-state index contributed by atoms with van der Waals surface area (Å²) in [5.74, 6) is 0. The molecule has 4 N–H and O–H groups in total. The molecule has 0 aliphatic rings. The van der Waals surface area contributed by atoms with Crippen molar-refractivity contribution in [2.75, 3.05) is 6.54 Å². The highest BCUT2D eigenvalue weighted by atomic mass is 15.1. The summed E-state index contributed by atoms with van der Waals surface area (Å²) >= 11 is 0. The molecule has 1 aromatic rings. The average Bonchev–Trinajstić information content (AvgIpc) is 2.05. The summed E-state index contributed by atoms with van der Waals surface area (Å²) < 4.78 is 0. The monoisotopic (exact) mass is 152 g/mol. The fourth-order valence-corrected chi connectivity index (χ4v) is 0.728. The van der Waals surface area contributed by atoms with Crippen LogP contribution in [0.4, 0.5) is 0 Å². The minimum Gasteiger partial charge on any atom is -0.329 e. The molecule has 0 amide bonds. The fourth-order valence-electron chi connectivity index (χ4n) is 0.728. The van der Waals surface area contributed by atoms with Gasteiger partial charge >= 0.3 is 0 Å². The van der Waals surface area contributed by atoms with Gasteiger partial charge in [0.15, 0.2) is 0 Å². The molecule has 60 valence electrons. The van der Waals surface area contributed by atoms with E-state index >= 15 is 0 Å². The molecule has 1 rings (SSSR count). The van der Waals surface area contributed by atoms with Gasteiger partial charge in [-0.05, 0) is 19.1 Å². The van der Waals surface area contributed by atoms with Crippen LogP contribution in [0.2, 0.25) is 0 Å². The highest BCUT2D eigenvalue weighted by Crippen LogP contribution is 2.03. The molecule has 0 saturated carbocycles. The van der Waals surface area contributed by atoms with Gasteiger partial charge in [-0.2, -0.15) is 10.2 Å². The van der Waals surface area contributed by atoms with E-state index in [2.05, 4.69) is 10.2 Å². The van der Waals surface area contributed by atoms with Crippen LogP contribution in [0.3, 0.4) is 0 Å². The maximum Gasteiger partial charge on any atom is 0.0811 e. The molecule has 0 fully saturated rings. The molecule has 11 heavy (non-hydrogen) atoms. The summed E-state index contributed by atoms with van der Waals surface area (Å²) in [6.45, 7) is 2.28. The number of nitrogens with two attached hydrogens (primary N) is 2. The molecule has 4 heteroatoms. The van der Waals surface area contributed by atoms with Crippen molar-refractivity contribution in [2.45, 2.75) is 13.0 Å². The van der Waals surface area contributed by atoms with Crippen molar-refractivity contribution in [1.82, 2.24) is 10.2 Å². The van der Waals surface area contributed by atoms with E-state index in [9.17, 15) is 0 Å². The van der Waals surface area contributed by atoms with Gasteiger partial charge in [-0.3, -0.25) is 0 Å². The number of aryl methyl sites for hydroxylation is 1. The Morgan fingerprint density at radius 1 is 1.45 bits per heavy atom. The maximum absolute atomic E-state index is 5.62. The first kappa shape index (κ1) is 8.10. The van der Waals surface area contributed by atoms with E-state index in [1.165, 1.54) is 0 Å². The zero-order chi connectivity index (χ0) is 8.27. The molecule has 0 spiro atoms. The molecule has 1 heterocycles. The predicted molar refractivity (Wildman–Crippen MR) is 42.8 cm³/mol. The fraction of sp³-hybridized carbons (Fsp3) is 0.429. The number of hydrogen-bond acceptors (Lipinski definition) is 4. The molecular formula is C7H12N4. The molecule has 0 radical (unpaired) electrons. The third-order valence-corrected chi connectivity index (χ3v) is 1.45. The second-order valence-corrected chi connectivity index (χ2v) is 2.44. The van der Waals surface area contributed by atoms with Crippen LogP contribution in [0.25, 0.3) is 0 Å². The van der Waals surface area contributed by atoms with E-state index in [4.69, 9.17) is 11.5 Å². The van der Waals surface area contributed by atoms with Crippen molar-refractivity contribution in [3.63, 3.8) is 0 Å². The zero-order valence-corrected chi connectivity index (χ0v) is 6.49. The number of nitrogens with zero attached hydrogens (tertiary/aromatic N) is 2. The Hall–Kier alpha value is -1.00. The first-order valence-electron chi connectivity index (χ1n) is 3.50. The van der Waals surface area contributed by atoms with Gasteiger partial charge in [0.2, 0.25) is 0 Å². The molecule has 1 unspecified atom stereocenters. The predicted octanol–water partition coefficient (Wildman–Crippen LogP) is -0.256. The molecule has 0 aliphatic carbocycles. The minimum absolute atomic E-state index is 0.192. The van der Waals surface area contributed by atoms with Gasteiger partial charge in [-0.25, -0.2) is 0 Å². The summed E-state index contributed by atoms with van der Waals surface area (Å²) in [5, 5.41) is 7.76. The number of aromatic nitrogens is 2. The highest BCUT2D eigenvalue weighted by Gasteiger charge is 2.03. The molecule has 1 atom stereocenters.